The first kappa shape index (κ1) is 17.6. The number of hydrogen-bond acceptors (Lipinski definition) is 3. The molecule has 8 heteroatoms. The van der Waals surface area contributed by atoms with Crippen molar-refractivity contribution in [3.05, 3.63) is 82.4 Å². The summed E-state index contributed by atoms with van der Waals surface area (Å²) in [6.07, 6.45) is 0. The van der Waals surface area contributed by atoms with Crippen LogP contribution in [0.3, 0.4) is 0 Å². The van der Waals surface area contributed by atoms with Crippen molar-refractivity contribution in [2.75, 3.05) is 0 Å². The van der Waals surface area contributed by atoms with Gasteiger partial charge in [-0.25, -0.2) is 9.07 Å². The van der Waals surface area contributed by atoms with Gasteiger partial charge in [-0.2, -0.15) is 5.10 Å². The van der Waals surface area contributed by atoms with Crippen LogP contribution in [0.1, 0.15) is 26.4 Å². The summed E-state index contributed by atoms with van der Waals surface area (Å²) in [5.41, 5.74) is 6.02. The highest BCUT2D eigenvalue weighted by molar-refractivity contribution is 6.33. The molecule has 0 aliphatic heterocycles. The van der Waals surface area contributed by atoms with Crippen molar-refractivity contribution in [2.24, 2.45) is 0 Å². The molecule has 0 aliphatic carbocycles. The number of nitrogens with one attached hydrogen (secondary N) is 2. The molecule has 0 unspecified atom stereocenters. The summed E-state index contributed by atoms with van der Waals surface area (Å²) in [5, 5.41) is 4.39. The van der Waals surface area contributed by atoms with Crippen molar-refractivity contribution in [3.63, 3.8) is 0 Å². The number of benzene rings is 2. The molecule has 0 aliphatic rings. The molecule has 0 radical (unpaired) electrons. The number of halogens is 2. The molecule has 0 fully saturated rings. The largest absolute Gasteiger partial charge is 0.274 e. The zero-order valence-corrected chi connectivity index (χ0v) is 14.4. The number of carbonyl (C=O) groups is 2. The summed E-state index contributed by atoms with van der Waals surface area (Å²) in [5.74, 6) is -1.64. The summed E-state index contributed by atoms with van der Waals surface area (Å²) >= 11 is 6.29. The quantitative estimate of drug-likeness (QED) is 0.694. The highest BCUT2D eigenvalue weighted by atomic mass is 35.5. The Morgan fingerprint density at radius 1 is 1.00 bits per heavy atom. The lowest BCUT2D eigenvalue weighted by Gasteiger charge is -2.07. The third-order valence-corrected chi connectivity index (χ3v) is 3.98. The lowest BCUT2D eigenvalue weighted by molar-refractivity contribution is 0.0846. The van der Waals surface area contributed by atoms with E-state index in [1.165, 1.54) is 16.8 Å². The number of nitrogens with zero attached hydrogens (tertiary/aromatic N) is 2. The Morgan fingerprint density at radius 2 is 1.62 bits per heavy atom. The SMILES string of the molecule is Cc1nn(-c2ccccc2)c(Cl)c1C(=O)NNC(=O)c1ccc(F)cc1. The molecule has 132 valence electrons. The number of amides is 2. The van der Waals surface area contributed by atoms with Gasteiger partial charge in [-0.05, 0) is 43.3 Å². The molecule has 2 amide bonds. The normalized spacial score (nSPS) is 10.4. The molecule has 2 N–H and O–H groups in total. The number of hydrogen-bond donors (Lipinski definition) is 2. The van der Waals surface area contributed by atoms with E-state index >= 15 is 0 Å². The van der Waals surface area contributed by atoms with Crippen molar-refractivity contribution in [1.82, 2.24) is 20.6 Å². The lowest BCUT2D eigenvalue weighted by atomic mass is 10.2. The summed E-state index contributed by atoms with van der Waals surface area (Å²) < 4.78 is 14.3. The summed E-state index contributed by atoms with van der Waals surface area (Å²) in [4.78, 5) is 24.4. The van der Waals surface area contributed by atoms with E-state index in [1.54, 1.807) is 19.1 Å². The number of hydrazine groups is 1. The molecular formula is C18H14ClFN4O2. The molecule has 6 nitrogen and oxygen atoms in total. The second-order valence-electron chi connectivity index (χ2n) is 5.41. The van der Waals surface area contributed by atoms with Gasteiger partial charge in [0.1, 0.15) is 16.5 Å². The minimum atomic E-state index is -0.606. The molecular weight excluding hydrogens is 359 g/mol. The average Bonchev–Trinajstić information content (AvgIpc) is 2.95. The Labute approximate surface area is 153 Å². The van der Waals surface area contributed by atoms with Gasteiger partial charge in [0.2, 0.25) is 0 Å². The zero-order chi connectivity index (χ0) is 18.7. The topological polar surface area (TPSA) is 76.0 Å². The van der Waals surface area contributed by atoms with Crippen LogP contribution < -0.4 is 10.9 Å². The van der Waals surface area contributed by atoms with E-state index in [0.717, 1.165) is 12.1 Å². The van der Waals surface area contributed by atoms with Crippen LogP contribution in [0.25, 0.3) is 5.69 Å². The summed E-state index contributed by atoms with van der Waals surface area (Å²) in [6, 6.07) is 14.0. The van der Waals surface area contributed by atoms with Crippen LogP contribution in [0.4, 0.5) is 4.39 Å². The number of para-hydroxylation sites is 1. The molecule has 1 heterocycles. The fourth-order valence-corrected chi connectivity index (χ4v) is 2.70. The smallest absolute Gasteiger partial charge is 0.267 e. The van der Waals surface area contributed by atoms with Crippen LogP contribution in [0.5, 0.6) is 0 Å². The van der Waals surface area contributed by atoms with Crippen molar-refractivity contribution >= 4 is 23.4 Å². The van der Waals surface area contributed by atoms with Gasteiger partial charge in [-0.1, -0.05) is 29.8 Å². The first-order valence-corrected chi connectivity index (χ1v) is 8.02. The Bertz CT molecular complexity index is 955. The van der Waals surface area contributed by atoms with E-state index in [2.05, 4.69) is 16.0 Å². The maximum absolute atomic E-state index is 12.9. The molecule has 3 rings (SSSR count). The third kappa shape index (κ3) is 3.57. The fraction of sp³-hybridized carbons (Fsp3) is 0.0556. The van der Waals surface area contributed by atoms with E-state index in [9.17, 15) is 14.0 Å². The highest BCUT2D eigenvalue weighted by Crippen LogP contribution is 2.23. The Kier molecular flexibility index (Phi) is 4.99. The van der Waals surface area contributed by atoms with E-state index in [0.29, 0.717) is 11.4 Å². The molecule has 2 aromatic carbocycles. The molecule has 0 saturated heterocycles. The summed E-state index contributed by atoms with van der Waals surface area (Å²) in [7, 11) is 0. The Balaban J connectivity index is 1.75. The second-order valence-corrected chi connectivity index (χ2v) is 5.77. The van der Waals surface area contributed by atoms with Crippen LogP contribution >= 0.6 is 11.6 Å². The molecule has 0 bridgehead atoms. The van der Waals surface area contributed by atoms with E-state index in [4.69, 9.17) is 11.6 Å². The van der Waals surface area contributed by atoms with Gasteiger partial charge in [0.25, 0.3) is 11.8 Å². The van der Waals surface area contributed by atoms with E-state index in [-0.39, 0.29) is 16.3 Å². The maximum atomic E-state index is 12.9. The van der Waals surface area contributed by atoms with Crippen molar-refractivity contribution in [2.45, 2.75) is 6.92 Å². The number of carbonyl (C=O) groups excluding carboxylic acids is 2. The van der Waals surface area contributed by atoms with Crippen LogP contribution in [0.15, 0.2) is 54.6 Å². The molecule has 1 aromatic heterocycles. The minimum Gasteiger partial charge on any atom is -0.267 e. The summed E-state index contributed by atoms with van der Waals surface area (Å²) in [6.45, 7) is 1.64. The number of aromatic nitrogens is 2. The number of rotatable bonds is 3. The maximum Gasteiger partial charge on any atom is 0.274 e. The predicted molar refractivity (Wildman–Crippen MR) is 94.6 cm³/mol. The fourth-order valence-electron chi connectivity index (χ4n) is 2.35. The van der Waals surface area contributed by atoms with E-state index < -0.39 is 17.6 Å². The molecule has 0 spiro atoms. The average molecular weight is 373 g/mol. The predicted octanol–water partition coefficient (Wildman–Crippen LogP) is 3.05. The van der Waals surface area contributed by atoms with Crippen LogP contribution in [-0.4, -0.2) is 21.6 Å². The number of aryl methyl sites for hydroxylation is 1. The van der Waals surface area contributed by atoms with Crippen LogP contribution in [-0.2, 0) is 0 Å². The van der Waals surface area contributed by atoms with Gasteiger partial charge in [0, 0.05) is 5.56 Å². The van der Waals surface area contributed by atoms with Crippen LogP contribution in [0.2, 0.25) is 5.15 Å². The van der Waals surface area contributed by atoms with Gasteiger partial charge in [-0.15, -0.1) is 0 Å². The third-order valence-electron chi connectivity index (χ3n) is 3.63. The highest BCUT2D eigenvalue weighted by Gasteiger charge is 2.21. The zero-order valence-electron chi connectivity index (χ0n) is 13.7. The Hall–Kier alpha value is -3.19. The van der Waals surface area contributed by atoms with Gasteiger partial charge in [0.15, 0.2) is 0 Å². The van der Waals surface area contributed by atoms with Gasteiger partial charge in [0.05, 0.1) is 11.4 Å². The van der Waals surface area contributed by atoms with Gasteiger partial charge >= 0.3 is 0 Å². The van der Waals surface area contributed by atoms with Crippen LogP contribution in [0, 0.1) is 12.7 Å². The lowest BCUT2D eigenvalue weighted by Crippen LogP contribution is -2.41. The molecule has 26 heavy (non-hydrogen) atoms. The van der Waals surface area contributed by atoms with E-state index in [1.807, 2.05) is 18.2 Å². The standard InChI is InChI=1S/C18H14ClFN4O2/c1-11-15(16(19)24(23-11)14-5-3-2-4-6-14)18(26)22-21-17(25)12-7-9-13(20)10-8-12/h2-10H,1H3,(H,21,25)(H,22,26). The molecule has 0 atom stereocenters. The first-order chi connectivity index (χ1) is 12.5. The molecule has 0 saturated carbocycles. The van der Waals surface area contributed by atoms with Crippen molar-refractivity contribution in [3.8, 4) is 5.69 Å². The van der Waals surface area contributed by atoms with Crippen molar-refractivity contribution in [1.29, 1.82) is 0 Å². The second kappa shape index (κ2) is 7.37. The van der Waals surface area contributed by atoms with Gasteiger partial charge in [-0.3, -0.25) is 20.4 Å². The van der Waals surface area contributed by atoms with Gasteiger partial charge < -0.3 is 0 Å². The van der Waals surface area contributed by atoms with Crippen molar-refractivity contribution < 1.29 is 14.0 Å². The Morgan fingerprint density at radius 3 is 2.27 bits per heavy atom. The minimum absolute atomic E-state index is 0.127. The molecule has 3 aromatic rings. The first-order valence-electron chi connectivity index (χ1n) is 7.64. The monoisotopic (exact) mass is 372 g/mol.